The van der Waals surface area contributed by atoms with Crippen molar-refractivity contribution in [2.75, 3.05) is 16.8 Å². The van der Waals surface area contributed by atoms with Gasteiger partial charge in [-0.25, -0.2) is 9.37 Å². The smallest absolute Gasteiger partial charge is 0.231 e. The minimum absolute atomic E-state index is 0.0811. The number of furan rings is 1. The van der Waals surface area contributed by atoms with Gasteiger partial charge in [0.05, 0.1) is 12.2 Å². The molecule has 8 heteroatoms. The normalized spacial score (nSPS) is 16.7. The topological polar surface area (TPSA) is 75.4 Å². The first kappa shape index (κ1) is 17.4. The van der Waals surface area contributed by atoms with Crippen molar-refractivity contribution in [2.45, 2.75) is 13.3 Å². The Morgan fingerprint density at radius 3 is 3.00 bits per heavy atom. The fourth-order valence-electron chi connectivity index (χ4n) is 2.96. The molecule has 0 aliphatic carbocycles. The molecule has 3 heterocycles. The van der Waals surface area contributed by atoms with E-state index in [1.54, 1.807) is 42.8 Å². The zero-order valence-electron chi connectivity index (χ0n) is 14.4. The van der Waals surface area contributed by atoms with E-state index >= 15 is 0 Å². The summed E-state index contributed by atoms with van der Waals surface area (Å²) in [5.41, 5.74) is 1.61. The quantitative estimate of drug-likeness (QED) is 0.740. The first-order chi connectivity index (χ1) is 13.0. The van der Waals surface area contributed by atoms with Crippen LogP contribution in [0.5, 0.6) is 0 Å². The molecule has 1 atom stereocenters. The van der Waals surface area contributed by atoms with Crippen LogP contribution in [0.15, 0.2) is 46.4 Å². The fraction of sp³-hybridized carbons (Fsp3) is 0.211. The van der Waals surface area contributed by atoms with Crippen LogP contribution in [0.1, 0.15) is 12.0 Å². The number of hydrogen-bond donors (Lipinski definition) is 1. The van der Waals surface area contributed by atoms with Gasteiger partial charge in [0.25, 0.3) is 0 Å². The molecule has 1 aliphatic heterocycles. The molecule has 4 rings (SSSR count). The number of halogens is 1. The maximum Gasteiger partial charge on any atom is 0.231 e. The SMILES string of the molecule is Cc1ccc(N2C[C@@H](C(=O)Nc3nc(-c4ccco4)cs3)CC2=O)cc1F. The van der Waals surface area contributed by atoms with Gasteiger partial charge < -0.3 is 14.6 Å². The molecule has 1 fully saturated rings. The van der Waals surface area contributed by atoms with Crippen LogP contribution in [0.2, 0.25) is 0 Å². The van der Waals surface area contributed by atoms with Crippen LogP contribution in [0.3, 0.4) is 0 Å². The van der Waals surface area contributed by atoms with Crippen LogP contribution in [-0.4, -0.2) is 23.3 Å². The largest absolute Gasteiger partial charge is 0.463 e. The third-order valence-electron chi connectivity index (χ3n) is 4.47. The molecule has 0 unspecified atom stereocenters. The van der Waals surface area contributed by atoms with Gasteiger partial charge in [-0.2, -0.15) is 0 Å². The summed E-state index contributed by atoms with van der Waals surface area (Å²) in [5.74, 6) is -0.748. The van der Waals surface area contributed by atoms with Crippen LogP contribution in [-0.2, 0) is 9.59 Å². The van der Waals surface area contributed by atoms with Crippen molar-refractivity contribution in [1.29, 1.82) is 0 Å². The molecule has 1 saturated heterocycles. The minimum Gasteiger partial charge on any atom is -0.463 e. The number of amides is 2. The molecule has 6 nitrogen and oxygen atoms in total. The second-order valence-corrected chi connectivity index (χ2v) is 7.20. The van der Waals surface area contributed by atoms with Gasteiger partial charge in [0.1, 0.15) is 11.5 Å². The van der Waals surface area contributed by atoms with Gasteiger partial charge in [0.2, 0.25) is 11.8 Å². The van der Waals surface area contributed by atoms with E-state index in [2.05, 4.69) is 10.3 Å². The average Bonchev–Trinajstić information content (AvgIpc) is 3.37. The van der Waals surface area contributed by atoms with Crippen LogP contribution in [0.4, 0.5) is 15.2 Å². The Bertz CT molecular complexity index is 1000. The summed E-state index contributed by atoms with van der Waals surface area (Å²) in [6.07, 6.45) is 1.64. The van der Waals surface area contributed by atoms with Gasteiger partial charge in [0.15, 0.2) is 10.9 Å². The van der Waals surface area contributed by atoms with Crippen molar-refractivity contribution >= 4 is 34.0 Å². The molecular weight excluding hydrogens is 369 g/mol. The predicted octanol–water partition coefficient (Wildman–Crippen LogP) is 3.84. The molecule has 2 aromatic heterocycles. The fourth-order valence-corrected chi connectivity index (χ4v) is 3.66. The minimum atomic E-state index is -0.516. The Kier molecular flexibility index (Phi) is 4.49. The second kappa shape index (κ2) is 6.96. The molecule has 1 N–H and O–H groups in total. The molecule has 1 aliphatic rings. The molecular formula is C19H16FN3O3S. The van der Waals surface area contributed by atoms with E-state index in [1.165, 1.54) is 22.3 Å². The first-order valence-corrected chi connectivity index (χ1v) is 9.26. The van der Waals surface area contributed by atoms with Crippen molar-refractivity contribution in [1.82, 2.24) is 4.98 Å². The Labute approximate surface area is 158 Å². The lowest BCUT2D eigenvalue weighted by Gasteiger charge is -2.17. The average molecular weight is 385 g/mol. The third-order valence-corrected chi connectivity index (χ3v) is 5.23. The van der Waals surface area contributed by atoms with E-state index in [-0.39, 0.29) is 30.6 Å². The highest BCUT2D eigenvalue weighted by Crippen LogP contribution is 2.29. The molecule has 3 aromatic rings. The van der Waals surface area contributed by atoms with E-state index in [4.69, 9.17) is 4.42 Å². The molecule has 138 valence electrons. The van der Waals surface area contributed by atoms with Crippen LogP contribution in [0.25, 0.3) is 11.5 Å². The number of rotatable bonds is 4. The molecule has 0 saturated carbocycles. The highest BCUT2D eigenvalue weighted by molar-refractivity contribution is 7.14. The lowest BCUT2D eigenvalue weighted by atomic mass is 10.1. The maximum absolute atomic E-state index is 13.8. The highest BCUT2D eigenvalue weighted by Gasteiger charge is 2.35. The summed E-state index contributed by atoms with van der Waals surface area (Å²) in [7, 11) is 0. The lowest BCUT2D eigenvalue weighted by Crippen LogP contribution is -2.28. The third kappa shape index (κ3) is 3.48. The van der Waals surface area contributed by atoms with Crippen LogP contribution < -0.4 is 10.2 Å². The number of carbonyl (C=O) groups is 2. The number of hydrogen-bond acceptors (Lipinski definition) is 5. The van der Waals surface area contributed by atoms with Crippen molar-refractivity contribution < 1.29 is 18.4 Å². The number of nitrogens with zero attached hydrogens (tertiary/aromatic N) is 2. The first-order valence-electron chi connectivity index (χ1n) is 8.38. The van der Waals surface area contributed by atoms with Gasteiger partial charge in [-0.3, -0.25) is 9.59 Å². The van der Waals surface area contributed by atoms with Gasteiger partial charge >= 0.3 is 0 Å². The zero-order chi connectivity index (χ0) is 19.0. The molecule has 0 radical (unpaired) electrons. The standard InChI is InChI=1S/C19H16FN3O3S/c1-11-4-5-13(8-14(11)20)23-9-12(7-17(23)24)18(25)22-19-21-15(10-27-19)16-3-2-6-26-16/h2-6,8,10,12H,7,9H2,1H3,(H,21,22,25)/t12-/m0/s1. The molecule has 27 heavy (non-hydrogen) atoms. The van der Waals surface area contributed by atoms with Gasteiger partial charge in [0, 0.05) is 24.0 Å². The summed E-state index contributed by atoms with van der Waals surface area (Å²) in [5, 5.41) is 4.98. The van der Waals surface area contributed by atoms with Crippen molar-refractivity contribution in [3.05, 3.63) is 53.4 Å². The molecule has 0 spiro atoms. The number of thiazole rings is 1. The van der Waals surface area contributed by atoms with E-state index in [1.807, 2.05) is 0 Å². The van der Waals surface area contributed by atoms with E-state index in [0.29, 0.717) is 27.8 Å². The molecule has 2 amide bonds. The zero-order valence-corrected chi connectivity index (χ0v) is 15.3. The molecule has 0 bridgehead atoms. The Balaban J connectivity index is 1.44. The number of carbonyl (C=O) groups excluding carboxylic acids is 2. The van der Waals surface area contributed by atoms with Gasteiger partial charge in [-0.15, -0.1) is 11.3 Å². The van der Waals surface area contributed by atoms with Crippen molar-refractivity contribution in [3.63, 3.8) is 0 Å². The number of anilines is 2. The van der Waals surface area contributed by atoms with E-state index < -0.39 is 5.92 Å². The van der Waals surface area contributed by atoms with Crippen LogP contribution >= 0.6 is 11.3 Å². The number of benzene rings is 1. The Hall–Kier alpha value is -3.00. The number of nitrogens with one attached hydrogen (secondary N) is 1. The van der Waals surface area contributed by atoms with E-state index in [0.717, 1.165) is 0 Å². The summed E-state index contributed by atoms with van der Waals surface area (Å²) >= 11 is 1.29. The lowest BCUT2D eigenvalue weighted by molar-refractivity contribution is -0.122. The Morgan fingerprint density at radius 1 is 1.41 bits per heavy atom. The van der Waals surface area contributed by atoms with Gasteiger partial charge in [-0.05, 0) is 36.8 Å². The van der Waals surface area contributed by atoms with Crippen molar-refractivity contribution in [2.24, 2.45) is 5.92 Å². The number of aromatic nitrogens is 1. The summed E-state index contributed by atoms with van der Waals surface area (Å²) in [4.78, 5) is 30.6. The number of aryl methyl sites for hydroxylation is 1. The monoisotopic (exact) mass is 385 g/mol. The van der Waals surface area contributed by atoms with E-state index in [9.17, 15) is 14.0 Å². The second-order valence-electron chi connectivity index (χ2n) is 6.34. The summed E-state index contributed by atoms with van der Waals surface area (Å²) in [6.45, 7) is 1.87. The molecule has 1 aromatic carbocycles. The summed E-state index contributed by atoms with van der Waals surface area (Å²) in [6, 6.07) is 8.18. The van der Waals surface area contributed by atoms with Crippen molar-refractivity contribution in [3.8, 4) is 11.5 Å². The predicted molar refractivity (Wildman–Crippen MR) is 100 cm³/mol. The van der Waals surface area contributed by atoms with Crippen LogP contribution in [0, 0.1) is 18.7 Å². The van der Waals surface area contributed by atoms with Gasteiger partial charge in [-0.1, -0.05) is 6.07 Å². The Morgan fingerprint density at radius 2 is 2.26 bits per heavy atom. The maximum atomic E-state index is 13.8. The summed E-state index contributed by atoms with van der Waals surface area (Å²) < 4.78 is 19.1. The highest BCUT2D eigenvalue weighted by atomic mass is 32.1.